The predicted octanol–water partition coefficient (Wildman–Crippen LogP) is 4.29. The predicted molar refractivity (Wildman–Crippen MR) is 92.2 cm³/mol. The second-order valence-electron chi connectivity index (χ2n) is 9.08. The number of hydrogen-bond donors (Lipinski definition) is 0. The van der Waals surface area contributed by atoms with Crippen LogP contribution in [0, 0.1) is 16.7 Å². The molecule has 0 N–H and O–H groups in total. The van der Waals surface area contributed by atoms with E-state index in [1.54, 1.807) is 0 Å². The number of ether oxygens (including phenoxy) is 1. The van der Waals surface area contributed by atoms with E-state index in [2.05, 4.69) is 33.8 Å². The molecule has 4 rings (SSSR count). The molecule has 0 spiro atoms. The van der Waals surface area contributed by atoms with Gasteiger partial charge in [-0.15, -0.1) is 0 Å². The molecule has 0 aromatic carbocycles. The lowest BCUT2D eigenvalue weighted by Crippen LogP contribution is -2.54. The van der Waals surface area contributed by atoms with Crippen LogP contribution >= 0.6 is 0 Å². The van der Waals surface area contributed by atoms with Gasteiger partial charge in [0.2, 0.25) is 11.6 Å². The molecule has 3 atom stereocenters. The number of fused-ring (bicyclic) bond motifs is 4. The molecule has 2 fully saturated rings. The second-order valence-corrected chi connectivity index (χ2v) is 9.08. The Morgan fingerprint density at radius 2 is 1.67 bits per heavy atom. The Bertz CT molecular complexity index is 736. The van der Waals surface area contributed by atoms with Crippen LogP contribution in [0.5, 0.6) is 0 Å². The van der Waals surface area contributed by atoms with Gasteiger partial charge in [0, 0.05) is 17.7 Å². The van der Waals surface area contributed by atoms with E-state index in [0.29, 0.717) is 17.1 Å². The molecule has 3 aliphatic carbocycles. The van der Waals surface area contributed by atoms with Gasteiger partial charge in [-0.3, -0.25) is 9.59 Å². The molecule has 1 aliphatic heterocycles. The highest BCUT2D eigenvalue weighted by atomic mass is 16.5. The summed E-state index contributed by atoms with van der Waals surface area (Å²) in [5, 5.41) is 0. The van der Waals surface area contributed by atoms with Crippen LogP contribution < -0.4 is 0 Å². The van der Waals surface area contributed by atoms with Gasteiger partial charge in [0.1, 0.15) is 11.4 Å². The molecule has 3 heteroatoms. The van der Waals surface area contributed by atoms with Gasteiger partial charge >= 0.3 is 0 Å². The van der Waals surface area contributed by atoms with E-state index in [9.17, 15) is 9.59 Å². The third-order valence-electron chi connectivity index (χ3n) is 7.04. The normalized spacial score (nSPS) is 40.3. The topological polar surface area (TPSA) is 43.4 Å². The Hall–Kier alpha value is -1.64. The highest BCUT2D eigenvalue weighted by Crippen LogP contribution is 2.64. The van der Waals surface area contributed by atoms with Crippen molar-refractivity contribution >= 4 is 11.6 Å². The number of ketones is 2. The fraction of sp³-hybridized carbons (Fsp3) is 0.619. The largest absolute Gasteiger partial charge is 0.482 e. The van der Waals surface area contributed by atoms with Gasteiger partial charge in [-0.1, -0.05) is 27.2 Å². The lowest BCUT2D eigenvalue weighted by Gasteiger charge is -2.60. The van der Waals surface area contributed by atoms with Gasteiger partial charge in [0.15, 0.2) is 0 Å². The summed E-state index contributed by atoms with van der Waals surface area (Å²) >= 11 is 0. The maximum absolute atomic E-state index is 11.8. The Balaban J connectivity index is 1.85. The SMILES string of the molecule is CC12CC[C@H]3C(C)(C)CCC[C@]3(C)C1=CC1=CC(=O)C(=O)C=C1O2. The summed E-state index contributed by atoms with van der Waals surface area (Å²) in [5.41, 5.74) is 2.17. The zero-order chi connectivity index (χ0) is 17.3. The van der Waals surface area contributed by atoms with Crippen molar-refractivity contribution in [2.75, 3.05) is 0 Å². The van der Waals surface area contributed by atoms with Gasteiger partial charge in [0.05, 0.1) is 0 Å². The first-order chi connectivity index (χ1) is 11.2. The van der Waals surface area contributed by atoms with Crippen molar-refractivity contribution < 1.29 is 14.3 Å². The van der Waals surface area contributed by atoms with Gasteiger partial charge in [-0.05, 0) is 61.0 Å². The second kappa shape index (κ2) is 4.71. The van der Waals surface area contributed by atoms with Crippen LogP contribution in [0.3, 0.4) is 0 Å². The standard InChI is InChI=1S/C21H26O3/c1-19(2)7-5-8-20(3)17(19)6-9-21(4)18(20)11-13-10-14(22)15(23)12-16(13)24-21/h10-12,17H,5-9H2,1-4H3/t17-,20-,21?/m0/s1. The highest BCUT2D eigenvalue weighted by Gasteiger charge is 2.57. The summed E-state index contributed by atoms with van der Waals surface area (Å²) in [7, 11) is 0. The van der Waals surface area contributed by atoms with Crippen molar-refractivity contribution in [1.29, 1.82) is 0 Å². The van der Waals surface area contributed by atoms with Crippen LogP contribution in [-0.4, -0.2) is 17.2 Å². The quantitative estimate of drug-likeness (QED) is 0.493. The molecule has 0 bridgehead atoms. The van der Waals surface area contributed by atoms with Crippen molar-refractivity contribution in [2.24, 2.45) is 16.7 Å². The highest BCUT2D eigenvalue weighted by molar-refractivity contribution is 6.46. The van der Waals surface area contributed by atoms with Crippen molar-refractivity contribution in [3.05, 3.63) is 35.1 Å². The lowest BCUT2D eigenvalue weighted by molar-refractivity contribution is -0.131. The smallest absolute Gasteiger partial charge is 0.229 e. The van der Waals surface area contributed by atoms with Crippen molar-refractivity contribution in [3.63, 3.8) is 0 Å². The van der Waals surface area contributed by atoms with Gasteiger partial charge in [-0.2, -0.15) is 0 Å². The number of rotatable bonds is 0. The molecule has 1 heterocycles. The Morgan fingerprint density at radius 1 is 0.958 bits per heavy atom. The van der Waals surface area contributed by atoms with Gasteiger partial charge < -0.3 is 4.74 Å². The van der Waals surface area contributed by atoms with E-state index in [0.717, 1.165) is 18.4 Å². The first-order valence-corrected chi connectivity index (χ1v) is 9.09. The fourth-order valence-corrected chi connectivity index (χ4v) is 5.89. The minimum Gasteiger partial charge on any atom is -0.482 e. The molecule has 24 heavy (non-hydrogen) atoms. The molecular weight excluding hydrogens is 300 g/mol. The van der Waals surface area contributed by atoms with Gasteiger partial charge in [0.25, 0.3) is 0 Å². The monoisotopic (exact) mass is 326 g/mol. The van der Waals surface area contributed by atoms with Crippen LogP contribution in [0.4, 0.5) is 0 Å². The summed E-state index contributed by atoms with van der Waals surface area (Å²) in [6, 6.07) is 0. The van der Waals surface area contributed by atoms with E-state index >= 15 is 0 Å². The molecule has 0 amide bonds. The molecular formula is C21H26O3. The van der Waals surface area contributed by atoms with E-state index in [1.807, 2.05) is 0 Å². The first kappa shape index (κ1) is 15.9. The Labute approximate surface area is 143 Å². The molecule has 0 saturated heterocycles. The summed E-state index contributed by atoms with van der Waals surface area (Å²) in [5.74, 6) is 0.281. The average Bonchev–Trinajstić information content (AvgIpc) is 2.46. The number of carbonyl (C=O) groups is 2. The summed E-state index contributed by atoms with van der Waals surface area (Å²) in [4.78, 5) is 23.5. The molecule has 0 aromatic heterocycles. The number of allylic oxidation sites excluding steroid dienone is 3. The van der Waals surface area contributed by atoms with E-state index in [-0.39, 0.29) is 11.0 Å². The molecule has 3 nitrogen and oxygen atoms in total. The minimum absolute atomic E-state index is 0.103. The molecule has 128 valence electrons. The minimum atomic E-state index is -0.479. The lowest BCUT2D eigenvalue weighted by atomic mass is 9.47. The van der Waals surface area contributed by atoms with Crippen molar-refractivity contribution in [3.8, 4) is 0 Å². The molecule has 2 saturated carbocycles. The van der Waals surface area contributed by atoms with E-state index in [4.69, 9.17) is 4.74 Å². The maximum Gasteiger partial charge on any atom is 0.229 e. The average molecular weight is 326 g/mol. The summed E-state index contributed by atoms with van der Waals surface area (Å²) in [6.45, 7) is 9.33. The van der Waals surface area contributed by atoms with Crippen LogP contribution in [-0.2, 0) is 14.3 Å². The zero-order valence-corrected chi connectivity index (χ0v) is 15.1. The van der Waals surface area contributed by atoms with Crippen LogP contribution in [0.15, 0.2) is 35.1 Å². The van der Waals surface area contributed by atoms with Crippen molar-refractivity contribution in [1.82, 2.24) is 0 Å². The first-order valence-electron chi connectivity index (χ1n) is 9.09. The molecule has 0 radical (unpaired) electrons. The third kappa shape index (κ3) is 2.03. The van der Waals surface area contributed by atoms with Crippen LogP contribution in [0.25, 0.3) is 0 Å². The van der Waals surface area contributed by atoms with E-state index in [1.165, 1.54) is 37.0 Å². The van der Waals surface area contributed by atoms with Crippen LogP contribution in [0.1, 0.15) is 59.8 Å². The maximum atomic E-state index is 11.8. The zero-order valence-electron chi connectivity index (χ0n) is 15.1. The molecule has 0 aromatic rings. The molecule has 4 aliphatic rings. The Kier molecular flexibility index (Phi) is 3.11. The van der Waals surface area contributed by atoms with Gasteiger partial charge in [-0.25, -0.2) is 0 Å². The Morgan fingerprint density at radius 3 is 2.42 bits per heavy atom. The summed E-state index contributed by atoms with van der Waals surface area (Å²) in [6.07, 6.45) is 10.8. The van der Waals surface area contributed by atoms with Crippen molar-refractivity contribution in [2.45, 2.75) is 65.4 Å². The van der Waals surface area contributed by atoms with Crippen LogP contribution in [0.2, 0.25) is 0 Å². The number of hydrogen-bond acceptors (Lipinski definition) is 3. The number of carbonyl (C=O) groups excluding carboxylic acids is 2. The fourth-order valence-electron chi connectivity index (χ4n) is 5.89. The summed E-state index contributed by atoms with van der Waals surface area (Å²) < 4.78 is 6.33. The molecule has 1 unspecified atom stereocenters. The van der Waals surface area contributed by atoms with E-state index < -0.39 is 11.6 Å². The third-order valence-corrected chi connectivity index (χ3v) is 7.04.